The monoisotopic (exact) mass is 519 g/mol. The highest BCUT2D eigenvalue weighted by molar-refractivity contribution is 9.10. The maximum absolute atomic E-state index is 13.0. The summed E-state index contributed by atoms with van der Waals surface area (Å²) in [7, 11) is 1.65. The van der Waals surface area contributed by atoms with Crippen molar-refractivity contribution in [3.63, 3.8) is 0 Å². The van der Waals surface area contributed by atoms with Crippen LogP contribution in [0.1, 0.15) is 24.6 Å². The number of nitrogens with zero attached hydrogens (tertiary/aromatic N) is 3. The molecule has 0 N–H and O–H groups in total. The Hall–Kier alpha value is -3.32. The average molecular weight is 520 g/mol. The largest absolute Gasteiger partial charge is 0.493 e. The van der Waals surface area contributed by atoms with Crippen molar-refractivity contribution in [3.05, 3.63) is 83.1 Å². The molecular weight excluding hydrogens is 494 g/mol. The number of benzene rings is 3. The molecule has 1 aliphatic rings. The van der Waals surface area contributed by atoms with Gasteiger partial charge in [0.1, 0.15) is 5.82 Å². The second-order valence-electron chi connectivity index (χ2n) is 8.32. The number of fused-ring (bicyclic) bond motifs is 1. The van der Waals surface area contributed by atoms with Crippen molar-refractivity contribution in [2.45, 2.75) is 25.3 Å². The van der Waals surface area contributed by atoms with Crippen LogP contribution in [0.25, 0.3) is 11.0 Å². The number of halogens is 1. The molecule has 1 amide bonds. The van der Waals surface area contributed by atoms with Crippen LogP contribution in [0.3, 0.4) is 0 Å². The van der Waals surface area contributed by atoms with Gasteiger partial charge in [-0.25, -0.2) is 4.98 Å². The Morgan fingerprint density at radius 3 is 2.56 bits per heavy atom. The van der Waals surface area contributed by atoms with Gasteiger partial charge in [0.2, 0.25) is 5.91 Å². The van der Waals surface area contributed by atoms with E-state index in [2.05, 4.69) is 26.6 Å². The Morgan fingerprint density at radius 1 is 1.00 bits per heavy atom. The molecule has 0 bridgehead atoms. The van der Waals surface area contributed by atoms with Crippen LogP contribution in [0.2, 0.25) is 0 Å². The Labute approximate surface area is 207 Å². The topological polar surface area (TPSA) is 56.6 Å². The number of hydrogen-bond acceptors (Lipinski definition) is 4. The van der Waals surface area contributed by atoms with Gasteiger partial charge in [-0.1, -0.05) is 36.4 Å². The van der Waals surface area contributed by atoms with E-state index in [1.165, 1.54) is 0 Å². The molecule has 1 atom stereocenters. The first-order chi connectivity index (χ1) is 16.7. The molecular formula is C27H26BrN3O3. The number of carbonyl (C=O) groups excluding carboxylic acids is 1. The molecule has 0 saturated carbocycles. The number of aryl methyl sites for hydroxylation is 1. The maximum atomic E-state index is 13.0. The lowest BCUT2D eigenvalue weighted by Crippen LogP contribution is -2.25. The Kier molecular flexibility index (Phi) is 6.54. The van der Waals surface area contributed by atoms with Gasteiger partial charge in [0, 0.05) is 29.9 Å². The predicted molar refractivity (Wildman–Crippen MR) is 137 cm³/mol. The van der Waals surface area contributed by atoms with Crippen LogP contribution in [0.15, 0.2) is 77.3 Å². The molecule has 7 heteroatoms. The van der Waals surface area contributed by atoms with E-state index >= 15 is 0 Å². The minimum atomic E-state index is 0.0298. The van der Waals surface area contributed by atoms with E-state index < -0.39 is 0 Å². The molecule has 1 fully saturated rings. The van der Waals surface area contributed by atoms with Crippen molar-refractivity contribution in [2.75, 3.05) is 25.2 Å². The summed E-state index contributed by atoms with van der Waals surface area (Å²) >= 11 is 3.59. The predicted octanol–water partition coefficient (Wildman–Crippen LogP) is 5.80. The summed E-state index contributed by atoms with van der Waals surface area (Å²) in [4.78, 5) is 19.8. The van der Waals surface area contributed by atoms with Gasteiger partial charge in [0.15, 0.2) is 11.5 Å². The van der Waals surface area contributed by atoms with Gasteiger partial charge in [-0.15, -0.1) is 0 Å². The zero-order valence-electron chi connectivity index (χ0n) is 19.0. The Balaban J connectivity index is 1.35. The Bertz CT molecular complexity index is 1320. The number of ether oxygens (including phenoxy) is 2. The minimum Gasteiger partial charge on any atom is -0.493 e. The molecule has 5 rings (SSSR count). The Morgan fingerprint density at radius 2 is 1.74 bits per heavy atom. The lowest BCUT2D eigenvalue weighted by Gasteiger charge is -2.19. The molecule has 174 valence electrons. The summed E-state index contributed by atoms with van der Waals surface area (Å²) < 4.78 is 14.5. The van der Waals surface area contributed by atoms with Crippen LogP contribution in [-0.4, -0.2) is 35.7 Å². The standard InChI is InChI=1S/C27H26BrN3O3/c1-33-24-13-6-7-14-25(24)34-16-8-15-30-23-12-5-3-10-21(23)29-27(30)19-17-26(32)31(18-19)22-11-4-2-9-20(22)28/h2-7,9-14,19H,8,15-18H2,1H3. The number of anilines is 1. The number of methoxy groups -OCH3 is 1. The lowest BCUT2D eigenvalue weighted by atomic mass is 10.1. The van der Waals surface area contributed by atoms with Gasteiger partial charge in [-0.2, -0.15) is 0 Å². The number of rotatable bonds is 8. The fourth-order valence-electron chi connectivity index (χ4n) is 4.57. The first-order valence-electron chi connectivity index (χ1n) is 11.4. The smallest absolute Gasteiger partial charge is 0.227 e. The quantitative estimate of drug-likeness (QED) is 0.276. The molecule has 4 aromatic rings. The molecule has 6 nitrogen and oxygen atoms in total. The van der Waals surface area contributed by atoms with E-state index in [4.69, 9.17) is 14.5 Å². The van der Waals surface area contributed by atoms with E-state index in [1.54, 1.807) is 7.11 Å². The van der Waals surface area contributed by atoms with Gasteiger partial charge < -0.3 is 18.9 Å². The van der Waals surface area contributed by atoms with Gasteiger partial charge in [0.25, 0.3) is 0 Å². The third kappa shape index (κ3) is 4.40. The highest BCUT2D eigenvalue weighted by Crippen LogP contribution is 2.36. The van der Waals surface area contributed by atoms with E-state index in [0.717, 1.165) is 51.5 Å². The van der Waals surface area contributed by atoms with Crippen molar-refractivity contribution in [2.24, 2.45) is 0 Å². The molecule has 3 aromatic carbocycles. The molecule has 1 aliphatic heterocycles. The third-order valence-corrected chi connectivity index (χ3v) is 6.84. The zero-order valence-corrected chi connectivity index (χ0v) is 20.6. The summed E-state index contributed by atoms with van der Waals surface area (Å²) in [5.74, 6) is 2.58. The van der Waals surface area contributed by atoms with Crippen LogP contribution in [0, 0.1) is 0 Å². The van der Waals surface area contributed by atoms with Gasteiger partial charge >= 0.3 is 0 Å². The normalized spacial score (nSPS) is 15.8. The number of imidazole rings is 1. The van der Waals surface area contributed by atoms with Crippen LogP contribution in [0.5, 0.6) is 11.5 Å². The molecule has 0 aliphatic carbocycles. The highest BCUT2D eigenvalue weighted by atomic mass is 79.9. The second-order valence-corrected chi connectivity index (χ2v) is 9.17. The summed E-state index contributed by atoms with van der Waals surface area (Å²) in [5.41, 5.74) is 2.94. The summed E-state index contributed by atoms with van der Waals surface area (Å²) in [6.45, 7) is 1.92. The van der Waals surface area contributed by atoms with E-state index in [1.807, 2.05) is 71.6 Å². The first-order valence-corrected chi connectivity index (χ1v) is 12.2. The van der Waals surface area contributed by atoms with Crippen LogP contribution in [0.4, 0.5) is 5.69 Å². The fraction of sp³-hybridized carbons (Fsp3) is 0.259. The van der Waals surface area contributed by atoms with Crippen molar-refractivity contribution in [3.8, 4) is 11.5 Å². The van der Waals surface area contributed by atoms with E-state index in [9.17, 15) is 4.79 Å². The maximum Gasteiger partial charge on any atom is 0.227 e. The van der Waals surface area contributed by atoms with Crippen molar-refractivity contribution in [1.29, 1.82) is 0 Å². The molecule has 1 saturated heterocycles. The third-order valence-electron chi connectivity index (χ3n) is 6.17. The lowest BCUT2D eigenvalue weighted by molar-refractivity contribution is -0.117. The van der Waals surface area contributed by atoms with Gasteiger partial charge in [0.05, 0.1) is 30.4 Å². The minimum absolute atomic E-state index is 0.0298. The molecule has 34 heavy (non-hydrogen) atoms. The molecule has 0 spiro atoms. The van der Waals surface area contributed by atoms with Gasteiger partial charge in [-0.05, 0) is 58.7 Å². The summed E-state index contributed by atoms with van der Waals surface area (Å²) in [6.07, 6.45) is 1.25. The number of hydrogen-bond donors (Lipinski definition) is 0. The van der Waals surface area contributed by atoms with Crippen molar-refractivity contribution < 1.29 is 14.3 Å². The van der Waals surface area contributed by atoms with Crippen molar-refractivity contribution >= 4 is 38.6 Å². The summed E-state index contributed by atoms with van der Waals surface area (Å²) in [6, 6.07) is 23.7. The zero-order chi connectivity index (χ0) is 23.5. The van der Waals surface area contributed by atoms with Gasteiger partial charge in [-0.3, -0.25) is 4.79 Å². The number of aromatic nitrogens is 2. The van der Waals surface area contributed by atoms with E-state index in [0.29, 0.717) is 19.6 Å². The second kappa shape index (κ2) is 9.89. The fourth-order valence-corrected chi connectivity index (χ4v) is 5.07. The highest BCUT2D eigenvalue weighted by Gasteiger charge is 2.35. The van der Waals surface area contributed by atoms with Crippen molar-refractivity contribution in [1.82, 2.24) is 9.55 Å². The average Bonchev–Trinajstić information content (AvgIpc) is 3.43. The number of para-hydroxylation sites is 5. The molecule has 1 aromatic heterocycles. The molecule has 0 radical (unpaired) electrons. The van der Waals surface area contributed by atoms with Crippen LogP contribution in [-0.2, 0) is 11.3 Å². The molecule has 1 unspecified atom stereocenters. The SMILES string of the molecule is COc1ccccc1OCCCn1c(C2CC(=O)N(c3ccccc3Br)C2)nc2ccccc21. The van der Waals surface area contributed by atoms with Crippen LogP contribution >= 0.6 is 15.9 Å². The first kappa shape index (κ1) is 22.5. The van der Waals surface area contributed by atoms with E-state index in [-0.39, 0.29) is 11.8 Å². The van der Waals surface area contributed by atoms with Crippen LogP contribution < -0.4 is 14.4 Å². The summed E-state index contributed by atoms with van der Waals surface area (Å²) in [5, 5.41) is 0. The molecule has 2 heterocycles. The number of amides is 1. The number of carbonyl (C=O) groups is 1.